The van der Waals surface area contributed by atoms with Crippen molar-refractivity contribution in [1.82, 2.24) is 0 Å². The van der Waals surface area contributed by atoms with E-state index in [0.717, 1.165) is 5.56 Å². The minimum atomic E-state index is -0.582. The molecule has 0 aromatic heterocycles. The second kappa shape index (κ2) is 6.26. The van der Waals surface area contributed by atoms with Crippen LogP contribution in [0, 0.1) is 10.1 Å². The molecular formula is C16H13ClN2O4. The molecule has 1 heterocycles. The van der Waals surface area contributed by atoms with Crippen LogP contribution in [0.2, 0.25) is 5.02 Å². The number of nitrogens with one attached hydrogen (secondary N) is 1. The lowest BCUT2D eigenvalue weighted by Gasteiger charge is -2.25. The number of nitro groups is 1. The summed E-state index contributed by atoms with van der Waals surface area (Å²) in [4.78, 5) is 22.9. The number of carbonyl (C=O) groups is 1. The number of anilines is 1. The maximum atomic E-state index is 12.5. The van der Waals surface area contributed by atoms with E-state index in [1.54, 1.807) is 6.07 Å². The van der Waals surface area contributed by atoms with Crippen molar-refractivity contribution in [1.29, 1.82) is 0 Å². The Kier molecular flexibility index (Phi) is 4.16. The average molecular weight is 333 g/mol. The first-order valence-corrected chi connectivity index (χ1v) is 7.40. The van der Waals surface area contributed by atoms with Crippen LogP contribution in [0.3, 0.4) is 0 Å². The van der Waals surface area contributed by atoms with Crippen molar-refractivity contribution in [2.45, 2.75) is 12.3 Å². The molecular weight excluding hydrogens is 320 g/mol. The topological polar surface area (TPSA) is 81.5 Å². The molecule has 1 aliphatic heterocycles. The van der Waals surface area contributed by atoms with E-state index in [4.69, 9.17) is 16.3 Å². The van der Waals surface area contributed by atoms with E-state index in [9.17, 15) is 14.9 Å². The van der Waals surface area contributed by atoms with Gasteiger partial charge in [0.05, 0.1) is 17.4 Å². The smallest absolute Gasteiger partial charge is 0.289 e. The Balaban J connectivity index is 1.83. The number of para-hydroxylation sites is 1. The molecule has 1 atom stereocenters. The van der Waals surface area contributed by atoms with E-state index >= 15 is 0 Å². The Morgan fingerprint density at radius 2 is 2.09 bits per heavy atom. The summed E-state index contributed by atoms with van der Waals surface area (Å²) in [6, 6.07) is 11.6. The number of nitrogens with zero attached hydrogens (tertiary/aromatic N) is 1. The van der Waals surface area contributed by atoms with Gasteiger partial charge in [-0.3, -0.25) is 14.9 Å². The van der Waals surface area contributed by atoms with Crippen LogP contribution in [0.1, 0.15) is 17.9 Å². The lowest BCUT2D eigenvalue weighted by atomic mass is 9.92. The minimum Gasteiger partial charge on any atom is -0.493 e. The van der Waals surface area contributed by atoms with Crippen LogP contribution in [0.25, 0.3) is 0 Å². The van der Waals surface area contributed by atoms with Gasteiger partial charge in [-0.05, 0) is 24.6 Å². The Morgan fingerprint density at radius 1 is 1.30 bits per heavy atom. The predicted molar refractivity (Wildman–Crippen MR) is 86.0 cm³/mol. The molecule has 0 bridgehead atoms. The summed E-state index contributed by atoms with van der Waals surface area (Å²) in [5, 5.41) is 13.7. The van der Waals surface area contributed by atoms with Crippen molar-refractivity contribution in [2.75, 3.05) is 11.9 Å². The van der Waals surface area contributed by atoms with E-state index in [2.05, 4.69) is 5.32 Å². The van der Waals surface area contributed by atoms with Gasteiger partial charge in [0.2, 0.25) is 5.91 Å². The normalized spacial score (nSPS) is 16.1. The molecule has 6 nitrogen and oxygen atoms in total. The van der Waals surface area contributed by atoms with Gasteiger partial charge in [0.1, 0.15) is 10.8 Å². The summed E-state index contributed by atoms with van der Waals surface area (Å²) < 4.78 is 5.53. The van der Waals surface area contributed by atoms with E-state index in [0.29, 0.717) is 24.5 Å². The number of nitro benzene ring substituents is 1. The highest BCUT2D eigenvalue weighted by Gasteiger charge is 2.27. The summed E-state index contributed by atoms with van der Waals surface area (Å²) in [5.41, 5.74) is 0.923. The van der Waals surface area contributed by atoms with Crippen LogP contribution < -0.4 is 10.1 Å². The largest absolute Gasteiger partial charge is 0.493 e. The summed E-state index contributed by atoms with van der Waals surface area (Å²) >= 11 is 5.77. The third-order valence-electron chi connectivity index (χ3n) is 3.69. The van der Waals surface area contributed by atoms with Gasteiger partial charge in [0.25, 0.3) is 5.69 Å². The van der Waals surface area contributed by atoms with Crippen LogP contribution in [-0.4, -0.2) is 17.4 Å². The van der Waals surface area contributed by atoms with Crippen molar-refractivity contribution in [3.05, 3.63) is 63.2 Å². The number of rotatable bonds is 3. The van der Waals surface area contributed by atoms with E-state index in [-0.39, 0.29) is 22.5 Å². The zero-order chi connectivity index (χ0) is 16.4. The first-order chi connectivity index (χ1) is 11.1. The number of hydrogen-bond acceptors (Lipinski definition) is 4. The molecule has 0 saturated carbocycles. The van der Waals surface area contributed by atoms with Gasteiger partial charge >= 0.3 is 0 Å². The van der Waals surface area contributed by atoms with Gasteiger partial charge in [0, 0.05) is 17.3 Å². The first-order valence-electron chi connectivity index (χ1n) is 7.03. The Hall–Kier alpha value is -2.60. The molecule has 0 saturated heterocycles. The maximum Gasteiger partial charge on any atom is 0.289 e. The fraction of sp³-hybridized carbons (Fsp3) is 0.188. The molecule has 0 aliphatic carbocycles. The predicted octanol–water partition coefficient (Wildman–Crippen LogP) is 3.75. The third-order valence-corrected chi connectivity index (χ3v) is 4.00. The molecule has 3 rings (SSSR count). The van der Waals surface area contributed by atoms with Crippen molar-refractivity contribution < 1.29 is 14.5 Å². The maximum absolute atomic E-state index is 12.5. The molecule has 2 aromatic rings. The van der Waals surface area contributed by atoms with Gasteiger partial charge < -0.3 is 10.1 Å². The molecule has 0 radical (unpaired) electrons. The second-order valence-electron chi connectivity index (χ2n) is 5.14. The molecule has 23 heavy (non-hydrogen) atoms. The van der Waals surface area contributed by atoms with Crippen molar-refractivity contribution in [3.63, 3.8) is 0 Å². The highest BCUT2D eigenvalue weighted by molar-refractivity contribution is 6.32. The molecule has 0 fully saturated rings. The zero-order valence-electron chi connectivity index (χ0n) is 12.0. The summed E-state index contributed by atoms with van der Waals surface area (Å²) in [6.07, 6.45) is 0.554. The van der Waals surface area contributed by atoms with Crippen molar-refractivity contribution >= 4 is 28.9 Å². The van der Waals surface area contributed by atoms with Gasteiger partial charge in [-0.25, -0.2) is 0 Å². The van der Waals surface area contributed by atoms with Gasteiger partial charge in [-0.15, -0.1) is 0 Å². The summed E-state index contributed by atoms with van der Waals surface area (Å²) in [7, 11) is 0. The van der Waals surface area contributed by atoms with Crippen molar-refractivity contribution in [2.24, 2.45) is 0 Å². The standard InChI is InChI=1S/C16H13ClN2O4/c17-13-6-5-10(9-14(13)19(21)22)18-16(20)12-7-8-23-15-4-2-1-3-11(12)15/h1-6,9,12H,7-8H2,(H,18,20). The van der Waals surface area contributed by atoms with Crippen LogP contribution >= 0.6 is 11.6 Å². The fourth-order valence-corrected chi connectivity index (χ4v) is 2.76. The Morgan fingerprint density at radius 3 is 2.87 bits per heavy atom. The van der Waals surface area contributed by atoms with E-state index < -0.39 is 4.92 Å². The molecule has 1 amide bonds. The van der Waals surface area contributed by atoms with Gasteiger partial charge in [-0.1, -0.05) is 29.8 Å². The lowest BCUT2D eigenvalue weighted by molar-refractivity contribution is -0.384. The molecule has 0 spiro atoms. The quantitative estimate of drug-likeness (QED) is 0.685. The zero-order valence-corrected chi connectivity index (χ0v) is 12.7. The fourth-order valence-electron chi connectivity index (χ4n) is 2.57. The number of benzene rings is 2. The number of ether oxygens (including phenoxy) is 1. The van der Waals surface area contributed by atoms with Crippen LogP contribution in [0.5, 0.6) is 5.75 Å². The molecule has 1 aliphatic rings. The SMILES string of the molecule is O=C(Nc1ccc(Cl)c([N+](=O)[O-])c1)C1CCOc2ccccc21. The lowest BCUT2D eigenvalue weighted by Crippen LogP contribution is -2.26. The van der Waals surface area contributed by atoms with Crippen LogP contribution in [0.4, 0.5) is 11.4 Å². The number of halogens is 1. The van der Waals surface area contributed by atoms with Gasteiger partial charge in [0.15, 0.2) is 0 Å². The number of hydrogen-bond donors (Lipinski definition) is 1. The van der Waals surface area contributed by atoms with Crippen molar-refractivity contribution in [3.8, 4) is 5.75 Å². The highest BCUT2D eigenvalue weighted by atomic mass is 35.5. The monoisotopic (exact) mass is 332 g/mol. The molecule has 1 N–H and O–H groups in total. The van der Waals surface area contributed by atoms with Crippen LogP contribution in [0.15, 0.2) is 42.5 Å². The average Bonchev–Trinajstić information content (AvgIpc) is 2.55. The van der Waals surface area contributed by atoms with Gasteiger partial charge in [-0.2, -0.15) is 0 Å². The molecule has 7 heteroatoms. The minimum absolute atomic E-state index is 0.0319. The highest BCUT2D eigenvalue weighted by Crippen LogP contribution is 2.34. The van der Waals surface area contributed by atoms with E-state index in [1.165, 1.54) is 12.1 Å². The summed E-state index contributed by atoms with van der Waals surface area (Å²) in [6.45, 7) is 0.454. The van der Waals surface area contributed by atoms with E-state index in [1.807, 2.05) is 24.3 Å². The first kappa shape index (κ1) is 15.3. The molecule has 118 valence electrons. The number of fused-ring (bicyclic) bond motifs is 1. The summed E-state index contributed by atoms with van der Waals surface area (Å²) in [5.74, 6) is 0.119. The molecule has 2 aromatic carbocycles. The third kappa shape index (κ3) is 3.12. The number of amides is 1. The Labute approximate surface area is 137 Å². The number of carbonyl (C=O) groups excluding carboxylic acids is 1. The second-order valence-corrected chi connectivity index (χ2v) is 5.55. The van der Waals surface area contributed by atoms with Crippen LogP contribution in [-0.2, 0) is 4.79 Å². The molecule has 1 unspecified atom stereocenters. The Bertz CT molecular complexity index is 778.